The van der Waals surface area contributed by atoms with Gasteiger partial charge in [-0.3, -0.25) is 0 Å². The highest BCUT2D eigenvalue weighted by molar-refractivity contribution is 6.71. The van der Waals surface area contributed by atoms with Gasteiger partial charge < -0.3 is 8.85 Å². The van der Waals surface area contributed by atoms with Gasteiger partial charge >= 0.3 is 0 Å². The fraction of sp³-hybridized carbons (Fsp3) is 0.500. The molecule has 102 valence electrons. The minimum Gasteiger partial charge on any atom is -0.544 e. The molecule has 0 aliphatic heterocycles. The van der Waals surface area contributed by atoms with Crippen LogP contribution in [0.1, 0.15) is 0 Å². The molecule has 0 atom stereocenters. The largest absolute Gasteiger partial charge is 0.544 e. The van der Waals surface area contributed by atoms with E-state index in [9.17, 15) is 0 Å². The van der Waals surface area contributed by atoms with Crippen molar-refractivity contribution in [3.8, 4) is 11.5 Å². The van der Waals surface area contributed by atoms with E-state index < -0.39 is 16.6 Å². The molecule has 0 aliphatic rings. The standard InChI is InChI=1S/C12H20Cl2O2Si2/c1-17(2,3)15-9-7-10(13)12(11(14)8-9)16-18(4,5)6/h7-8H,1-6H3. The van der Waals surface area contributed by atoms with Crippen LogP contribution in [0.4, 0.5) is 0 Å². The van der Waals surface area contributed by atoms with Gasteiger partial charge in [0.15, 0.2) is 0 Å². The zero-order valence-corrected chi connectivity index (χ0v) is 15.2. The molecule has 0 saturated carbocycles. The molecule has 1 aromatic carbocycles. The summed E-state index contributed by atoms with van der Waals surface area (Å²) in [5.41, 5.74) is 0. The van der Waals surface area contributed by atoms with Crippen molar-refractivity contribution in [2.24, 2.45) is 0 Å². The molecule has 2 nitrogen and oxygen atoms in total. The maximum atomic E-state index is 6.22. The first kappa shape index (κ1) is 15.9. The number of benzene rings is 1. The van der Waals surface area contributed by atoms with Gasteiger partial charge in [0, 0.05) is 12.1 Å². The number of hydrogen-bond acceptors (Lipinski definition) is 2. The number of halogens is 2. The summed E-state index contributed by atoms with van der Waals surface area (Å²) in [7, 11) is -3.38. The van der Waals surface area contributed by atoms with Gasteiger partial charge in [0.25, 0.3) is 0 Å². The van der Waals surface area contributed by atoms with Gasteiger partial charge in [-0.05, 0) is 39.3 Å². The van der Waals surface area contributed by atoms with Gasteiger partial charge in [0.2, 0.25) is 16.6 Å². The summed E-state index contributed by atoms with van der Waals surface area (Å²) in [5.74, 6) is 1.28. The monoisotopic (exact) mass is 322 g/mol. The van der Waals surface area contributed by atoms with E-state index in [2.05, 4.69) is 39.3 Å². The molecule has 0 fully saturated rings. The number of hydrogen-bond donors (Lipinski definition) is 0. The van der Waals surface area contributed by atoms with E-state index in [0.717, 1.165) is 0 Å². The Balaban J connectivity index is 3.05. The molecule has 1 rings (SSSR count). The van der Waals surface area contributed by atoms with E-state index in [1.165, 1.54) is 0 Å². The second kappa shape index (κ2) is 5.45. The normalized spacial score (nSPS) is 12.4. The molecule has 18 heavy (non-hydrogen) atoms. The first-order chi connectivity index (χ1) is 7.98. The molecule has 0 heterocycles. The third-order valence-corrected chi connectivity index (χ3v) is 4.03. The van der Waals surface area contributed by atoms with Gasteiger partial charge in [-0.15, -0.1) is 0 Å². The Labute approximate surface area is 121 Å². The lowest BCUT2D eigenvalue weighted by Gasteiger charge is -2.23. The molecule has 0 spiro atoms. The fourth-order valence-electron chi connectivity index (χ4n) is 1.35. The summed E-state index contributed by atoms with van der Waals surface area (Å²) in [6, 6.07) is 3.56. The van der Waals surface area contributed by atoms with Gasteiger partial charge in [-0.2, -0.15) is 0 Å². The summed E-state index contributed by atoms with van der Waals surface area (Å²) >= 11 is 12.4. The number of rotatable bonds is 4. The molecule has 0 saturated heterocycles. The topological polar surface area (TPSA) is 18.5 Å². The summed E-state index contributed by atoms with van der Waals surface area (Å²) in [6.07, 6.45) is 0. The van der Waals surface area contributed by atoms with Gasteiger partial charge in [0.1, 0.15) is 11.5 Å². The zero-order valence-electron chi connectivity index (χ0n) is 11.7. The van der Waals surface area contributed by atoms with Gasteiger partial charge in [-0.25, -0.2) is 0 Å². The van der Waals surface area contributed by atoms with Crippen molar-refractivity contribution in [1.82, 2.24) is 0 Å². The Morgan fingerprint density at radius 1 is 0.778 bits per heavy atom. The average Bonchev–Trinajstić information content (AvgIpc) is 2.07. The maximum Gasteiger partial charge on any atom is 0.242 e. The van der Waals surface area contributed by atoms with E-state index in [-0.39, 0.29) is 0 Å². The molecular weight excluding hydrogens is 303 g/mol. The molecule has 6 heteroatoms. The van der Waals surface area contributed by atoms with Crippen LogP contribution in [-0.2, 0) is 0 Å². The minimum atomic E-state index is -1.73. The molecule has 0 aliphatic carbocycles. The summed E-state index contributed by atoms with van der Waals surface area (Å²) in [5, 5.41) is 1.02. The molecule has 1 aromatic rings. The summed E-state index contributed by atoms with van der Waals surface area (Å²) in [6.45, 7) is 12.6. The molecule has 0 unspecified atom stereocenters. The Morgan fingerprint density at radius 3 is 1.50 bits per heavy atom. The summed E-state index contributed by atoms with van der Waals surface area (Å²) in [4.78, 5) is 0. The van der Waals surface area contributed by atoms with Crippen LogP contribution in [0.2, 0.25) is 49.3 Å². The molecular formula is C12H20Cl2O2Si2. The van der Waals surface area contributed by atoms with Crippen molar-refractivity contribution in [3.63, 3.8) is 0 Å². The highest BCUT2D eigenvalue weighted by atomic mass is 35.5. The minimum absolute atomic E-state index is 0.512. The van der Waals surface area contributed by atoms with Crippen molar-refractivity contribution in [1.29, 1.82) is 0 Å². The van der Waals surface area contributed by atoms with Crippen LogP contribution >= 0.6 is 23.2 Å². The fourth-order valence-corrected chi connectivity index (χ4v) is 3.68. The second-order valence-corrected chi connectivity index (χ2v) is 15.8. The van der Waals surface area contributed by atoms with Gasteiger partial charge in [-0.1, -0.05) is 23.2 Å². The van der Waals surface area contributed by atoms with Crippen LogP contribution in [0, 0.1) is 0 Å². The van der Waals surface area contributed by atoms with Crippen molar-refractivity contribution in [2.45, 2.75) is 39.3 Å². The van der Waals surface area contributed by atoms with Crippen molar-refractivity contribution < 1.29 is 8.85 Å². The highest BCUT2D eigenvalue weighted by Crippen LogP contribution is 2.38. The SMILES string of the molecule is C[Si](C)(C)Oc1cc(Cl)c(O[Si](C)(C)C)c(Cl)c1. The van der Waals surface area contributed by atoms with Crippen LogP contribution in [0.3, 0.4) is 0 Å². The third kappa shape index (κ3) is 5.22. The molecule has 0 aromatic heterocycles. The van der Waals surface area contributed by atoms with E-state index in [4.69, 9.17) is 32.1 Å². The van der Waals surface area contributed by atoms with Gasteiger partial charge in [0.05, 0.1) is 10.0 Å². The van der Waals surface area contributed by atoms with E-state index in [0.29, 0.717) is 21.5 Å². The van der Waals surface area contributed by atoms with Crippen molar-refractivity contribution in [3.05, 3.63) is 22.2 Å². The Bertz CT molecular complexity index is 414. The lowest BCUT2D eigenvalue weighted by Crippen LogP contribution is -2.30. The van der Waals surface area contributed by atoms with E-state index in [1.54, 1.807) is 12.1 Å². The predicted octanol–water partition coefficient (Wildman–Crippen LogP) is 5.42. The van der Waals surface area contributed by atoms with E-state index >= 15 is 0 Å². The predicted molar refractivity (Wildman–Crippen MR) is 84.4 cm³/mol. The lowest BCUT2D eigenvalue weighted by molar-refractivity contribution is 0.542. The smallest absolute Gasteiger partial charge is 0.242 e. The zero-order chi connectivity index (χ0) is 14.1. The van der Waals surface area contributed by atoms with Crippen molar-refractivity contribution in [2.75, 3.05) is 0 Å². The van der Waals surface area contributed by atoms with E-state index in [1.807, 2.05) is 0 Å². The van der Waals surface area contributed by atoms with Crippen LogP contribution in [0.25, 0.3) is 0 Å². The maximum absolute atomic E-state index is 6.22. The molecule has 0 radical (unpaired) electrons. The highest BCUT2D eigenvalue weighted by Gasteiger charge is 2.22. The van der Waals surface area contributed by atoms with Crippen molar-refractivity contribution >= 4 is 39.8 Å². The second-order valence-electron chi connectivity index (χ2n) is 6.14. The summed E-state index contributed by atoms with van der Waals surface area (Å²) < 4.78 is 11.8. The molecule has 0 N–H and O–H groups in total. The molecule has 0 bridgehead atoms. The van der Waals surface area contributed by atoms with Crippen LogP contribution < -0.4 is 8.85 Å². The van der Waals surface area contributed by atoms with Crippen LogP contribution in [-0.4, -0.2) is 16.6 Å². The molecule has 0 amide bonds. The third-order valence-electron chi connectivity index (χ3n) is 1.80. The first-order valence-electron chi connectivity index (χ1n) is 5.85. The Kier molecular flexibility index (Phi) is 4.81. The Hall–Kier alpha value is -0.166. The van der Waals surface area contributed by atoms with Crippen LogP contribution in [0.15, 0.2) is 12.1 Å². The first-order valence-corrected chi connectivity index (χ1v) is 13.4. The lowest BCUT2D eigenvalue weighted by atomic mass is 10.3. The van der Waals surface area contributed by atoms with Crippen LogP contribution in [0.5, 0.6) is 11.5 Å². The average molecular weight is 323 g/mol. The Morgan fingerprint density at radius 2 is 1.17 bits per heavy atom. The quantitative estimate of drug-likeness (QED) is 0.689.